The Morgan fingerprint density at radius 1 is 1.14 bits per heavy atom. The molecule has 1 unspecified atom stereocenters. The van der Waals surface area contributed by atoms with Crippen LogP contribution in [0.1, 0.15) is 28.9 Å². The molecule has 0 aliphatic carbocycles. The lowest BCUT2D eigenvalue weighted by Gasteiger charge is -2.14. The quantitative estimate of drug-likeness (QED) is 0.679. The molecule has 0 aromatic heterocycles. The number of nitrogens with one attached hydrogen (secondary N) is 1. The first kappa shape index (κ1) is 15.5. The zero-order valence-electron chi connectivity index (χ0n) is 12.3. The number of carbonyl (C=O) groups is 1. The zero-order valence-corrected chi connectivity index (χ0v) is 12.3. The molecule has 22 heavy (non-hydrogen) atoms. The number of rotatable bonds is 5. The Bertz CT molecular complexity index is 666. The van der Waals surface area contributed by atoms with Gasteiger partial charge >= 0.3 is 0 Å². The van der Waals surface area contributed by atoms with Crippen molar-refractivity contribution in [3.8, 4) is 5.75 Å². The van der Waals surface area contributed by atoms with Gasteiger partial charge in [0.2, 0.25) is 0 Å². The maximum absolute atomic E-state index is 12.1. The molecule has 114 valence electrons. The van der Waals surface area contributed by atoms with Crippen LogP contribution in [0.4, 0.5) is 5.69 Å². The van der Waals surface area contributed by atoms with Crippen LogP contribution in [0.2, 0.25) is 0 Å². The van der Waals surface area contributed by atoms with E-state index in [0.717, 1.165) is 11.3 Å². The second-order valence-electron chi connectivity index (χ2n) is 4.77. The van der Waals surface area contributed by atoms with Crippen molar-refractivity contribution in [1.29, 1.82) is 0 Å². The van der Waals surface area contributed by atoms with E-state index < -0.39 is 4.92 Å². The standard InChI is InChI=1S/C16H16N2O4/c1-11(12-5-9-15(22-2)10-6-12)17-16(19)13-3-7-14(8-4-13)18(20)21/h3-11H,1-2H3,(H,17,19). The maximum atomic E-state index is 12.1. The minimum Gasteiger partial charge on any atom is -0.497 e. The number of ether oxygens (including phenoxy) is 1. The van der Waals surface area contributed by atoms with E-state index in [1.807, 2.05) is 31.2 Å². The van der Waals surface area contributed by atoms with Crippen molar-refractivity contribution in [2.24, 2.45) is 0 Å². The van der Waals surface area contributed by atoms with Gasteiger partial charge in [-0.1, -0.05) is 12.1 Å². The molecule has 0 aliphatic rings. The summed E-state index contributed by atoms with van der Waals surface area (Å²) in [7, 11) is 1.59. The maximum Gasteiger partial charge on any atom is 0.269 e. The summed E-state index contributed by atoms with van der Waals surface area (Å²) >= 11 is 0. The topological polar surface area (TPSA) is 81.5 Å². The van der Waals surface area contributed by atoms with Crippen LogP contribution in [0.5, 0.6) is 5.75 Å². The molecule has 0 radical (unpaired) electrons. The van der Waals surface area contributed by atoms with Crippen LogP contribution < -0.4 is 10.1 Å². The zero-order chi connectivity index (χ0) is 16.1. The van der Waals surface area contributed by atoms with Crippen LogP contribution in [0.25, 0.3) is 0 Å². The highest BCUT2D eigenvalue weighted by Crippen LogP contribution is 2.18. The molecule has 1 atom stereocenters. The molecule has 0 saturated heterocycles. The van der Waals surface area contributed by atoms with Crippen LogP contribution in [-0.4, -0.2) is 17.9 Å². The van der Waals surface area contributed by atoms with Crippen molar-refractivity contribution in [2.75, 3.05) is 7.11 Å². The number of nitro groups is 1. The SMILES string of the molecule is COc1ccc(C(C)NC(=O)c2ccc([N+](=O)[O-])cc2)cc1. The van der Waals surface area contributed by atoms with Crippen LogP contribution in [0.3, 0.4) is 0 Å². The molecular formula is C16H16N2O4. The normalized spacial score (nSPS) is 11.5. The Morgan fingerprint density at radius 3 is 2.23 bits per heavy atom. The average molecular weight is 300 g/mol. The van der Waals surface area contributed by atoms with Gasteiger partial charge in [0.05, 0.1) is 18.1 Å². The highest BCUT2D eigenvalue weighted by atomic mass is 16.6. The number of amides is 1. The molecule has 0 bridgehead atoms. The van der Waals surface area contributed by atoms with Crippen molar-refractivity contribution in [1.82, 2.24) is 5.32 Å². The fraction of sp³-hybridized carbons (Fsp3) is 0.188. The lowest BCUT2D eigenvalue weighted by Crippen LogP contribution is -2.26. The molecule has 6 nitrogen and oxygen atoms in total. The summed E-state index contributed by atoms with van der Waals surface area (Å²) in [6.07, 6.45) is 0. The summed E-state index contributed by atoms with van der Waals surface area (Å²) in [4.78, 5) is 22.2. The monoisotopic (exact) mass is 300 g/mol. The highest BCUT2D eigenvalue weighted by Gasteiger charge is 2.13. The van der Waals surface area contributed by atoms with Crippen molar-refractivity contribution in [3.05, 3.63) is 69.8 Å². The summed E-state index contributed by atoms with van der Waals surface area (Å²) < 4.78 is 5.09. The van der Waals surface area contributed by atoms with E-state index in [9.17, 15) is 14.9 Å². The van der Waals surface area contributed by atoms with Gasteiger partial charge < -0.3 is 10.1 Å². The molecular weight excluding hydrogens is 284 g/mol. The summed E-state index contributed by atoms with van der Waals surface area (Å²) in [5.74, 6) is 0.468. The number of nitro benzene ring substituents is 1. The van der Waals surface area contributed by atoms with E-state index in [0.29, 0.717) is 5.56 Å². The van der Waals surface area contributed by atoms with Crippen LogP contribution in [-0.2, 0) is 0 Å². The Labute approximate surface area is 127 Å². The third kappa shape index (κ3) is 3.60. The van der Waals surface area contributed by atoms with Gasteiger partial charge in [-0.15, -0.1) is 0 Å². The van der Waals surface area contributed by atoms with Gasteiger partial charge in [0.1, 0.15) is 5.75 Å². The van der Waals surface area contributed by atoms with Crippen LogP contribution in [0, 0.1) is 10.1 Å². The van der Waals surface area contributed by atoms with E-state index in [4.69, 9.17) is 4.74 Å². The lowest BCUT2D eigenvalue weighted by molar-refractivity contribution is -0.384. The van der Waals surface area contributed by atoms with Crippen LogP contribution in [0.15, 0.2) is 48.5 Å². The summed E-state index contributed by atoms with van der Waals surface area (Å²) in [6.45, 7) is 1.87. The molecule has 0 aliphatic heterocycles. The van der Waals surface area contributed by atoms with E-state index in [-0.39, 0.29) is 17.6 Å². The third-order valence-electron chi connectivity index (χ3n) is 3.30. The molecule has 2 rings (SSSR count). The van der Waals surface area contributed by atoms with Gasteiger partial charge in [-0.2, -0.15) is 0 Å². The molecule has 2 aromatic carbocycles. The third-order valence-corrected chi connectivity index (χ3v) is 3.30. The second kappa shape index (κ2) is 6.71. The summed E-state index contributed by atoms with van der Waals surface area (Å²) in [5, 5.41) is 13.4. The molecule has 6 heteroatoms. The van der Waals surface area contributed by atoms with Crippen molar-refractivity contribution < 1.29 is 14.5 Å². The predicted molar refractivity (Wildman–Crippen MR) is 82.0 cm³/mol. The number of nitrogens with zero attached hydrogens (tertiary/aromatic N) is 1. The highest BCUT2D eigenvalue weighted by molar-refractivity contribution is 5.94. The number of benzene rings is 2. The van der Waals surface area contributed by atoms with Gasteiger partial charge in [0, 0.05) is 17.7 Å². The first-order valence-electron chi connectivity index (χ1n) is 6.70. The van der Waals surface area contributed by atoms with Crippen molar-refractivity contribution >= 4 is 11.6 Å². The predicted octanol–water partition coefficient (Wildman–Crippen LogP) is 3.09. The van der Waals surface area contributed by atoms with Crippen LogP contribution >= 0.6 is 0 Å². The van der Waals surface area contributed by atoms with Gasteiger partial charge in [-0.25, -0.2) is 0 Å². The smallest absolute Gasteiger partial charge is 0.269 e. The average Bonchev–Trinajstić information content (AvgIpc) is 2.54. The van der Waals surface area contributed by atoms with Gasteiger partial charge in [-0.3, -0.25) is 14.9 Å². The minimum atomic E-state index is -0.498. The second-order valence-corrected chi connectivity index (χ2v) is 4.77. The van der Waals surface area contributed by atoms with E-state index in [1.54, 1.807) is 7.11 Å². The van der Waals surface area contributed by atoms with Gasteiger partial charge in [0.15, 0.2) is 0 Å². The Kier molecular flexibility index (Phi) is 4.73. The van der Waals surface area contributed by atoms with Crippen molar-refractivity contribution in [3.63, 3.8) is 0 Å². The fourth-order valence-electron chi connectivity index (χ4n) is 1.99. The molecule has 0 heterocycles. The lowest BCUT2D eigenvalue weighted by atomic mass is 10.1. The molecule has 1 N–H and O–H groups in total. The van der Waals surface area contributed by atoms with E-state index >= 15 is 0 Å². The molecule has 1 amide bonds. The summed E-state index contributed by atoms with van der Waals surface area (Å²) in [6, 6.07) is 12.7. The minimum absolute atomic E-state index is 0.0419. The molecule has 0 spiro atoms. The van der Waals surface area contributed by atoms with Crippen molar-refractivity contribution in [2.45, 2.75) is 13.0 Å². The first-order valence-corrected chi connectivity index (χ1v) is 6.70. The largest absolute Gasteiger partial charge is 0.497 e. The Hall–Kier alpha value is -2.89. The molecule has 0 fully saturated rings. The Morgan fingerprint density at radius 2 is 1.73 bits per heavy atom. The molecule has 2 aromatic rings. The van der Waals surface area contributed by atoms with Gasteiger partial charge in [0.25, 0.3) is 11.6 Å². The first-order chi connectivity index (χ1) is 10.5. The number of non-ortho nitro benzene ring substituents is 1. The number of hydrogen-bond acceptors (Lipinski definition) is 4. The molecule has 0 saturated carbocycles. The Balaban J connectivity index is 2.05. The fourth-order valence-corrected chi connectivity index (χ4v) is 1.99. The van der Waals surface area contributed by atoms with Gasteiger partial charge in [-0.05, 0) is 36.8 Å². The van der Waals surface area contributed by atoms with E-state index in [1.165, 1.54) is 24.3 Å². The number of carbonyl (C=O) groups excluding carboxylic acids is 1. The number of methoxy groups -OCH3 is 1. The number of hydrogen-bond donors (Lipinski definition) is 1. The van der Waals surface area contributed by atoms with E-state index in [2.05, 4.69) is 5.32 Å². The summed E-state index contributed by atoms with van der Waals surface area (Å²) in [5.41, 5.74) is 1.28.